The number of carbonyl (C=O) groups excluding carboxylic acids is 1. The monoisotopic (exact) mass is 367 g/mol. The molecule has 6 nitrogen and oxygen atoms in total. The van der Waals surface area contributed by atoms with Crippen molar-refractivity contribution < 1.29 is 13.2 Å². The van der Waals surface area contributed by atoms with Gasteiger partial charge in [-0.1, -0.05) is 69.4 Å². The fraction of sp³-hybridized carbons (Fsp3) is 0.375. The molecule has 1 aliphatic rings. The number of nitrogens with zero attached hydrogens (tertiary/aromatic N) is 2. The Bertz CT molecular complexity index is 755. The molecule has 1 atom stereocenters. The van der Waals surface area contributed by atoms with Gasteiger partial charge in [-0.2, -0.15) is 5.10 Å². The number of benzene rings is 1. The SMILES string of the molecule is C=CS(=O)(=O)NCC1(c2ccccc2)SC=NN1C(=O)C(C)(C)C. The first-order chi connectivity index (χ1) is 11.1. The van der Waals surface area contributed by atoms with Crippen molar-refractivity contribution >= 4 is 33.2 Å². The van der Waals surface area contributed by atoms with E-state index in [1.54, 1.807) is 26.3 Å². The maximum atomic E-state index is 12.9. The van der Waals surface area contributed by atoms with Crippen LogP contribution >= 0.6 is 11.8 Å². The smallest absolute Gasteiger partial charge is 0.249 e. The first-order valence-electron chi connectivity index (χ1n) is 7.35. The van der Waals surface area contributed by atoms with Crippen LogP contribution < -0.4 is 4.72 Å². The number of nitrogens with one attached hydrogen (secondary N) is 1. The van der Waals surface area contributed by atoms with Gasteiger partial charge in [-0.3, -0.25) is 4.79 Å². The van der Waals surface area contributed by atoms with Crippen LogP contribution in [0.2, 0.25) is 0 Å². The highest BCUT2D eigenvalue weighted by Crippen LogP contribution is 2.44. The molecule has 130 valence electrons. The van der Waals surface area contributed by atoms with Gasteiger partial charge in [0.25, 0.3) is 0 Å². The highest BCUT2D eigenvalue weighted by molar-refractivity contribution is 8.13. The molecular weight excluding hydrogens is 346 g/mol. The summed E-state index contributed by atoms with van der Waals surface area (Å²) >= 11 is 1.30. The summed E-state index contributed by atoms with van der Waals surface area (Å²) in [5.74, 6) is -0.189. The van der Waals surface area contributed by atoms with Crippen LogP contribution in [0.5, 0.6) is 0 Å². The van der Waals surface area contributed by atoms with Gasteiger partial charge < -0.3 is 0 Å². The Morgan fingerprint density at radius 3 is 2.54 bits per heavy atom. The molecule has 0 aromatic heterocycles. The lowest BCUT2D eigenvalue weighted by Gasteiger charge is -2.38. The van der Waals surface area contributed by atoms with Crippen molar-refractivity contribution in [3.05, 3.63) is 47.9 Å². The lowest BCUT2D eigenvalue weighted by Crippen LogP contribution is -2.51. The number of thioether (sulfide) groups is 1. The molecule has 0 saturated carbocycles. The zero-order valence-corrected chi connectivity index (χ0v) is 15.5. The normalized spacial score (nSPS) is 21.0. The van der Waals surface area contributed by atoms with Gasteiger partial charge in [0, 0.05) is 10.8 Å². The fourth-order valence-corrected chi connectivity index (χ4v) is 3.79. The number of hydrogen-bond acceptors (Lipinski definition) is 5. The molecule has 0 saturated heterocycles. The van der Waals surface area contributed by atoms with Crippen molar-refractivity contribution in [2.45, 2.75) is 25.6 Å². The summed E-state index contributed by atoms with van der Waals surface area (Å²) in [5, 5.41) is 6.44. The zero-order chi connectivity index (χ0) is 18.0. The summed E-state index contributed by atoms with van der Waals surface area (Å²) in [6, 6.07) is 9.26. The van der Waals surface area contributed by atoms with Gasteiger partial charge in [-0.05, 0) is 5.56 Å². The summed E-state index contributed by atoms with van der Waals surface area (Å²) in [6.07, 6.45) is 0. The molecule has 1 aromatic rings. The molecule has 24 heavy (non-hydrogen) atoms. The minimum absolute atomic E-state index is 0.0160. The number of amides is 1. The average molecular weight is 367 g/mol. The molecule has 2 rings (SSSR count). The van der Waals surface area contributed by atoms with E-state index < -0.39 is 20.3 Å². The molecule has 1 aliphatic heterocycles. The molecule has 1 aromatic carbocycles. The number of hydrazone groups is 1. The second-order valence-corrected chi connectivity index (χ2v) is 9.22. The van der Waals surface area contributed by atoms with Crippen LogP contribution in [-0.2, 0) is 19.7 Å². The Hall–Kier alpha value is -1.64. The molecule has 1 heterocycles. The molecule has 1 amide bonds. The second kappa shape index (κ2) is 6.70. The number of hydrogen-bond donors (Lipinski definition) is 1. The van der Waals surface area contributed by atoms with E-state index in [9.17, 15) is 13.2 Å². The van der Waals surface area contributed by atoms with E-state index in [1.165, 1.54) is 16.8 Å². The predicted octanol–water partition coefficient (Wildman–Crippen LogP) is 2.47. The van der Waals surface area contributed by atoms with Gasteiger partial charge in [0.1, 0.15) is 0 Å². The quantitative estimate of drug-likeness (QED) is 0.867. The lowest BCUT2D eigenvalue weighted by atomic mass is 9.93. The van der Waals surface area contributed by atoms with Crippen molar-refractivity contribution in [1.29, 1.82) is 0 Å². The molecule has 8 heteroatoms. The average Bonchev–Trinajstić information content (AvgIpc) is 2.97. The highest BCUT2D eigenvalue weighted by Gasteiger charge is 2.48. The Labute approximate surface area is 147 Å². The van der Waals surface area contributed by atoms with Crippen LogP contribution in [0.25, 0.3) is 0 Å². The third kappa shape index (κ3) is 3.71. The standard InChI is InChI=1S/C16H21N3O3S2/c1-5-24(21,22)18-11-16(13-9-7-6-8-10-13)19(17-12-23-16)14(20)15(2,3)4/h5-10,12,18H,1,11H2,2-4H3. The van der Waals surface area contributed by atoms with Crippen LogP contribution in [0.1, 0.15) is 26.3 Å². The van der Waals surface area contributed by atoms with Gasteiger partial charge in [-0.15, -0.1) is 0 Å². The second-order valence-electron chi connectivity index (χ2n) is 6.39. The Kier molecular flexibility index (Phi) is 5.22. The summed E-state index contributed by atoms with van der Waals surface area (Å²) < 4.78 is 26.1. The first-order valence-corrected chi connectivity index (χ1v) is 9.77. The highest BCUT2D eigenvalue weighted by atomic mass is 32.2. The maximum Gasteiger partial charge on any atom is 0.249 e. The molecule has 1 unspecified atom stereocenters. The molecule has 0 aliphatic carbocycles. The van der Waals surface area contributed by atoms with Gasteiger partial charge in [-0.25, -0.2) is 18.1 Å². The van der Waals surface area contributed by atoms with Crippen molar-refractivity contribution in [3.63, 3.8) is 0 Å². The molecule has 0 bridgehead atoms. The summed E-state index contributed by atoms with van der Waals surface area (Å²) in [7, 11) is -3.63. The van der Waals surface area contributed by atoms with Crippen LogP contribution in [0, 0.1) is 5.41 Å². The van der Waals surface area contributed by atoms with Crippen molar-refractivity contribution in [2.24, 2.45) is 10.5 Å². The summed E-state index contributed by atoms with van der Waals surface area (Å²) in [6.45, 7) is 8.69. The third-order valence-electron chi connectivity index (χ3n) is 3.54. The molecule has 0 radical (unpaired) electrons. The largest absolute Gasteiger partial charge is 0.272 e. The molecule has 1 N–H and O–H groups in total. The van der Waals surface area contributed by atoms with Crippen LogP contribution in [0.15, 0.2) is 47.4 Å². The van der Waals surface area contributed by atoms with E-state index in [2.05, 4.69) is 16.4 Å². The van der Waals surface area contributed by atoms with E-state index in [0.717, 1.165) is 11.0 Å². The predicted molar refractivity (Wildman–Crippen MR) is 97.6 cm³/mol. The van der Waals surface area contributed by atoms with Gasteiger partial charge in [0.05, 0.1) is 12.1 Å². The van der Waals surface area contributed by atoms with Crippen LogP contribution in [0.3, 0.4) is 0 Å². The topological polar surface area (TPSA) is 78.8 Å². The summed E-state index contributed by atoms with van der Waals surface area (Å²) in [4.78, 5) is 11.9. The number of carbonyl (C=O) groups is 1. The van der Waals surface area contributed by atoms with E-state index in [0.29, 0.717) is 0 Å². The Balaban J connectivity index is 2.48. The van der Waals surface area contributed by atoms with Crippen LogP contribution in [0.4, 0.5) is 0 Å². The van der Waals surface area contributed by atoms with Gasteiger partial charge >= 0.3 is 0 Å². The lowest BCUT2D eigenvalue weighted by molar-refractivity contribution is -0.142. The molecular formula is C16H21N3O3S2. The van der Waals surface area contributed by atoms with E-state index >= 15 is 0 Å². The van der Waals surface area contributed by atoms with Crippen molar-refractivity contribution in [1.82, 2.24) is 9.73 Å². The molecule has 0 fully saturated rings. The van der Waals surface area contributed by atoms with Gasteiger partial charge in [0.2, 0.25) is 15.9 Å². The Morgan fingerprint density at radius 1 is 1.38 bits per heavy atom. The van der Waals surface area contributed by atoms with E-state index in [4.69, 9.17) is 0 Å². The first kappa shape index (κ1) is 18.7. The Morgan fingerprint density at radius 2 is 2.00 bits per heavy atom. The number of rotatable bonds is 5. The van der Waals surface area contributed by atoms with Gasteiger partial charge in [0.15, 0.2) is 4.87 Å². The zero-order valence-electron chi connectivity index (χ0n) is 13.9. The number of sulfonamides is 1. The fourth-order valence-electron chi connectivity index (χ4n) is 2.20. The minimum atomic E-state index is -3.63. The minimum Gasteiger partial charge on any atom is -0.272 e. The molecule has 0 spiro atoms. The van der Waals surface area contributed by atoms with Crippen molar-refractivity contribution in [2.75, 3.05) is 6.54 Å². The van der Waals surface area contributed by atoms with E-state index in [1.807, 2.05) is 30.3 Å². The maximum absolute atomic E-state index is 12.9. The van der Waals surface area contributed by atoms with Crippen LogP contribution in [-0.4, -0.2) is 31.4 Å². The summed E-state index contributed by atoms with van der Waals surface area (Å²) in [5.41, 5.74) is 1.70. The van der Waals surface area contributed by atoms with E-state index in [-0.39, 0.29) is 12.5 Å². The third-order valence-corrected chi connectivity index (χ3v) is 5.67. The van der Waals surface area contributed by atoms with Crippen molar-refractivity contribution in [3.8, 4) is 0 Å².